The summed E-state index contributed by atoms with van der Waals surface area (Å²) < 4.78 is 22.9. The predicted molar refractivity (Wildman–Crippen MR) is 247 cm³/mol. The molecular formula is C46H54N4O8S4. The van der Waals surface area contributed by atoms with Gasteiger partial charge in [-0.25, -0.2) is 9.59 Å². The Bertz CT molecular complexity index is 2020. The van der Waals surface area contributed by atoms with E-state index in [4.69, 9.17) is 18.9 Å². The zero-order valence-corrected chi connectivity index (χ0v) is 39.2. The molecule has 0 N–H and O–H groups in total. The molecule has 1 saturated heterocycles. The summed E-state index contributed by atoms with van der Waals surface area (Å²) in [6.45, 7) is 14.0. The Kier molecular flexibility index (Phi) is 18.2. The fourth-order valence-corrected chi connectivity index (χ4v) is 10.9. The number of ether oxygens (including phenoxy) is 4. The van der Waals surface area contributed by atoms with Crippen molar-refractivity contribution < 1.29 is 38.1 Å². The third-order valence-corrected chi connectivity index (χ3v) is 14.7. The van der Waals surface area contributed by atoms with Crippen LogP contribution in [-0.2, 0) is 38.1 Å². The minimum Gasteiger partial charge on any atom is -0.465 e. The van der Waals surface area contributed by atoms with Gasteiger partial charge in [-0.15, -0.1) is 0 Å². The van der Waals surface area contributed by atoms with Crippen molar-refractivity contribution in [1.29, 1.82) is 10.5 Å². The van der Waals surface area contributed by atoms with Crippen LogP contribution in [-0.4, -0.2) is 85.9 Å². The summed E-state index contributed by atoms with van der Waals surface area (Å²) in [6.07, 6.45) is 0.886. The molecule has 0 amide bonds. The number of rotatable bonds is 18. The van der Waals surface area contributed by atoms with E-state index in [1.54, 1.807) is 30.4 Å². The average Bonchev–Trinajstić information content (AvgIpc) is 3.79. The smallest absolute Gasteiger partial charge is 0.351 e. The minimum atomic E-state index is -1.33. The van der Waals surface area contributed by atoms with E-state index < -0.39 is 42.5 Å². The second-order valence-electron chi connectivity index (χ2n) is 16.4. The first-order valence-corrected chi connectivity index (χ1v) is 24.5. The van der Waals surface area contributed by atoms with Crippen LogP contribution in [0.15, 0.2) is 91.7 Å². The maximum Gasteiger partial charge on any atom is 0.351 e. The number of para-hydroxylation sites is 2. The zero-order valence-electron chi connectivity index (χ0n) is 35.9. The number of thioether (sulfide) groups is 4. The topological polar surface area (TPSA) is 159 Å². The van der Waals surface area contributed by atoms with E-state index in [-0.39, 0.29) is 36.7 Å². The fraction of sp³-hybridized carbons (Fsp3) is 0.478. The molecule has 3 aliphatic heterocycles. The summed E-state index contributed by atoms with van der Waals surface area (Å²) in [4.78, 5) is 59.2. The van der Waals surface area contributed by atoms with Gasteiger partial charge in [0.15, 0.2) is 11.1 Å². The number of esters is 4. The van der Waals surface area contributed by atoms with Crippen molar-refractivity contribution in [3.63, 3.8) is 0 Å². The van der Waals surface area contributed by atoms with Gasteiger partial charge in [-0.3, -0.25) is 9.59 Å². The summed E-state index contributed by atoms with van der Waals surface area (Å²) in [5.74, 6) is 0.615. The number of anilines is 2. The van der Waals surface area contributed by atoms with Crippen LogP contribution in [0, 0.1) is 39.9 Å². The maximum atomic E-state index is 13.8. The lowest BCUT2D eigenvalue weighted by Gasteiger charge is -2.28. The quantitative estimate of drug-likeness (QED) is 0.0458. The Morgan fingerprint density at radius 2 is 1.16 bits per heavy atom. The highest BCUT2D eigenvalue weighted by molar-refractivity contribution is 8.04. The normalized spacial score (nSPS) is 17.0. The molecule has 1 fully saturated rings. The van der Waals surface area contributed by atoms with E-state index in [9.17, 15) is 29.7 Å². The molecule has 0 saturated carbocycles. The zero-order chi connectivity index (χ0) is 44.8. The summed E-state index contributed by atoms with van der Waals surface area (Å²) in [5, 5.41) is 21.6. The van der Waals surface area contributed by atoms with Crippen molar-refractivity contribution in [1.82, 2.24) is 0 Å². The molecule has 0 aromatic heterocycles. The van der Waals surface area contributed by atoms with Crippen molar-refractivity contribution in [2.24, 2.45) is 17.3 Å². The third-order valence-electron chi connectivity index (χ3n) is 9.87. The lowest BCUT2D eigenvalue weighted by molar-refractivity contribution is -0.160. The molecule has 16 heteroatoms. The number of carbonyl (C=O) groups excluding carboxylic acids is 4. The third kappa shape index (κ3) is 13.5. The summed E-state index contributed by atoms with van der Waals surface area (Å²) >= 11 is 5.94. The molecule has 62 heavy (non-hydrogen) atoms. The van der Waals surface area contributed by atoms with Crippen LogP contribution in [0.4, 0.5) is 11.4 Å². The van der Waals surface area contributed by atoms with Crippen LogP contribution in [0.2, 0.25) is 0 Å². The summed E-state index contributed by atoms with van der Waals surface area (Å²) in [7, 11) is 0. The molecular weight excluding hydrogens is 865 g/mol. The molecule has 0 atom stereocenters. The Balaban J connectivity index is 1.31. The van der Waals surface area contributed by atoms with Crippen molar-refractivity contribution in [2.75, 3.05) is 65.7 Å². The molecule has 0 bridgehead atoms. The summed E-state index contributed by atoms with van der Waals surface area (Å²) in [6, 6.07) is 19.5. The van der Waals surface area contributed by atoms with E-state index in [0.717, 1.165) is 51.1 Å². The summed E-state index contributed by atoms with van der Waals surface area (Å²) in [5.41, 5.74) is 1.21. The molecule has 0 unspecified atom stereocenters. The molecule has 0 spiro atoms. The lowest BCUT2D eigenvalue weighted by atomic mass is 9.94. The van der Waals surface area contributed by atoms with E-state index in [1.165, 1.54) is 23.5 Å². The highest BCUT2D eigenvalue weighted by atomic mass is 32.2. The van der Waals surface area contributed by atoms with Gasteiger partial charge in [-0.1, -0.05) is 87.6 Å². The van der Waals surface area contributed by atoms with Gasteiger partial charge in [0.1, 0.15) is 48.1 Å². The Morgan fingerprint density at radius 1 is 0.726 bits per heavy atom. The number of benzene rings is 2. The van der Waals surface area contributed by atoms with Gasteiger partial charge >= 0.3 is 23.9 Å². The molecule has 330 valence electrons. The van der Waals surface area contributed by atoms with Gasteiger partial charge in [0, 0.05) is 45.9 Å². The molecule has 2 aromatic rings. The molecule has 3 aliphatic rings. The number of fused-ring (bicyclic) bond motifs is 2. The van der Waals surface area contributed by atoms with E-state index in [2.05, 4.69) is 46.4 Å². The highest BCUT2D eigenvalue weighted by Crippen LogP contribution is 2.48. The standard InChI is InChI=1S/C46H54N4O8S4/c1-30(2)17-19-49-36-11-7-9-13-38(36)61-42(49)34(21-47)44(53)56-28-46(6,27-55-40(51)15-16-41(52)58-33-25-59-23-32(5)24-60-26-33)29-57-45(54)35(22-48)43-50(20-18-31(3)4)37-12-8-10-14-39(37)62-43/h7-14,30-31,33H,5,15-20,23-29H2,1-4,6H3/b42-34-,43-35-. The van der Waals surface area contributed by atoms with Gasteiger partial charge in [-0.2, -0.15) is 34.0 Å². The van der Waals surface area contributed by atoms with Crippen molar-refractivity contribution >= 4 is 82.3 Å². The van der Waals surface area contributed by atoms with Crippen molar-refractivity contribution in [2.45, 2.75) is 76.2 Å². The molecule has 5 rings (SSSR count). The molecule has 3 heterocycles. The van der Waals surface area contributed by atoms with Crippen LogP contribution >= 0.6 is 47.0 Å². The van der Waals surface area contributed by atoms with Crippen LogP contribution < -0.4 is 9.80 Å². The second kappa shape index (κ2) is 23.3. The molecule has 12 nitrogen and oxygen atoms in total. The lowest BCUT2D eigenvalue weighted by Crippen LogP contribution is -2.37. The first kappa shape index (κ1) is 48.6. The number of hydrogen-bond donors (Lipinski definition) is 0. The number of carbonyl (C=O) groups is 4. The van der Waals surface area contributed by atoms with Gasteiger partial charge in [0.25, 0.3) is 0 Å². The maximum absolute atomic E-state index is 13.8. The van der Waals surface area contributed by atoms with Gasteiger partial charge in [-0.05, 0) is 55.9 Å². The van der Waals surface area contributed by atoms with E-state index in [1.807, 2.05) is 58.3 Å². The van der Waals surface area contributed by atoms with Crippen LogP contribution in [0.5, 0.6) is 0 Å². The highest BCUT2D eigenvalue weighted by Gasteiger charge is 2.37. The average molecular weight is 919 g/mol. The largest absolute Gasteiger partial charge is 0.465 e. The number of nitriles is 2. The minimum absolute atomic E-state index is 0.188. The number of nitrogens with zero attached hydrogens (tertiary/aromatic N) is 4. The van der Waals surface area contributed by atoms with Gasteiger partial charge in [0.2, 0.25) is 0 Å². The van der Waals surface area contributed by atoms with E-state index >= 15 is 0 Å². The Labute approximate surface area is 382 Å². The van der Waals surface area contributed by atoms with E-state index in [0.29, 0.717) is 46.5 Å². The number of hydrogen-bond acceptors (Lipinski definition) is 16. The molecule has 0 radical (unpaired) electrons. The molecule has 2 aromatic carbocycles. The SMILES string of the molecule is C=C1CSCC(OC(=O)CCC(=O)OCC(C)(COC(=O)/C(C#N)=C2\Sc3ccccc3N2CCC(C)C)COC(=O)/C(C#N)=C2\Sc3ccccc3N2CCC(C)C)CSC1. The molecule has 0 aliphatic carbocycles. The monoisotopic (exact) mass is 918 g/mol. The van der Waals surface area contributed by atoms with Crippen LogP contribution in [0.3, 0.4) is 0 Å². The van der Waals surface area contributed by atoms with Gasteiger partial charge < -0.3 is 28.7 Å². The fourth-order valence-electron chi connectivity index (χ4n) is 6.37. The Hall–Kier alpha value is -4.48. The van der Waals surface area contributed by atoms with Crippen LogP contribution in [0.1, 0.15) is 60.3 Å². The first-order valence-electron chi connectivity index (χ1n) is 20.6. The second-order valence-corrected chi connectivity index (χ2v) is 20.5. The van der Waals surface area contributed by atoms with Crippen LogP contribution in [0.25, 0.3) is 0 Å². The Morgan fingerprint density at radius 3 is 1.61 bits per heavy atom. The van der Waals surface area contributed by atoms with Gasteiger partial charge in [0.05, 0.1) is 29.6 Å². The predicted octanol–water partition coefficient (Wildman–Crippen LogP) is 9.14. The van der Waals surface area contributed by atoms with Crippen molar-refractivity contribution in [3.8, 4) is 12.1 Å². The van der Waals surface area contributed by atoms with Crippen molar-refractivity contribution in [3.05, 3.63) is 81.9 Å². The first-order chi connectivity index (χ1) is 29.7.